The molecule has 0 aliphatic heterocycles. The van der Waals surface area contributed by atoms with Crippen molar-refractivity contribution < 1.29 is 9.53 Å². The van der Waals surface area contributed by atoms with Crippen LogP contribution in [0.1, 0.15) is 65.2 Å². The van der Waals surface area contributed by atoms with Crippen LogP contribution < -0.4 is 0 Å². The topological polar surface area (TPSA) is 26.3 Å². The first-order valence-corrected chi connectivity index (χ1v) is 7.56. The van der Waals surface area contributed by atoms with Gasteiger partial charge in [-0.25, -0.2) is 4.79 Å². The number of hydrogen-bond acceptors (Lipinski definition) is 2. The van der Waals surface area contributed by atoms with Gasteiger partial charge in [-0.2, -0.15) is 0 Å². The summed E-state index contributed by atoms with van der Waals surface area (Å²) in [6.07, 6.45) is 12.3. The smallest absolute Gasteiger partial charge is 0.333 e. The lowest BCUT2D eigenvalue weighted by molar-refractivity contribution is -0.150. The maximum Gasteiger partial charge on any atom is 0.333 e. The van der Waals surface area contributed by atoms with Crippen LogP contribution in [0, 0.1) is 11.8 Å². The Bertz CT molecular complexity index is 291. The highest BCUT2D eigenvalue weighted by atomic mass is 16.5. The summed E-state index contributed by atoms with van der Waals surface area (Å²) in [6.45, 7) is 3.75. The molecular formula is C16H26O2. The van der Waals surface area contributed by atoms with Crippen molar-refractivity contribution in [2.45, 2.75) is 71.3 Å². The molecule has 0 bridgehead atoms. The van der Waals surface area contributed by atoms with E-state index in [1.165, 1.54) is 51.4 Å². The van der Waals surface area contributed by atoms with Crippen LogP contribution in [0.5, 0.6) is 0 Å². The molecule has 0 radical (unpaired) electrons. The van der Waals surface area contributed by atoms with E-state index in [-0.39, 0.29) is 12.1 Å². The Kier molecular flexibility index (Phi) is 4.85. The second-order valence-electron chi connectivity index (χ2n) is 5.93. The molecule has 18 heavy (non-hydrogen) atoms. The number of esters is 1. The normalized spacial score (nSPS) is 22.9. The van der Waals surface area contributed by atoms with Gasteiger partial charge in [0.25, 0.3) is 0 Å². The van der Waals surface area contributed by atoms with E-state index in [4.69, 9.17) is 4.74 Å². The summed E-state index contributed by atoms with van der Waals surface area (Å²) in [7, 11) is 0. The molecule has 2 saturated carbocycles. The van der Waals surface area contributed by atoms with Gasteiger partial charge >= 0.3 is 5.97 Å². The first-order valence-electron chi connectivity index (χ1n) is 7.56. The highest BCUT2D eigenvalue weighted by Gasteiger charge is 2.35. The van der Waals surface area contributed by atoms with Gasteiger partial charge in [0.15, 0.2) is 0 Å². The molecule has 0 saturated heterocycles. The Hall–Kier alpha value is -0.790. The lowest BCUT2D eigenvalue weighted by atomic mass is 9.88. The van der Waals surface area contributed by atoms with Crippen molar-refractivity contribution in [2.24, 2.45) is 11.8 Å². The van der Waals surface area contributed by atoms with Crippen molar-refractivity contribution >= 4 is 5.97 Å². The van der Waals surface area contributed by atoms with Gasteiger partial charge in [0.05, 0.1) is 0 Å². The standard InChI is InChI=1S/C16H26O2/c1-3-12(2)16(17)18-15(13-8-4-5-9-13)14-10-6-7-11-14/h3,13-15H,4-11H2,1-2H3. The summed E-state index contributed by atoms with van der Waals surface area (Å²) in [4.78, 5) is 12.0. The summed E-state index contributed by atoms with van der Waals surface area (Å²) in [6, 6.07) is 0. The van der Waals surface area contributed by atoms with Crippen molar-refractivity contribution in [3.63, 3.8) is 0 Å². The zero-order valence-corrected chi connectivity index (χ0v) is 11.8. The van der Waals surface area contributed by atoms with Crippen LogP contribution in [0.3, 0.4) is 0 Å². The molecule has 0 amide bonds. The van der Waals surface area contributed by atoms with Gasteiger partial charge in [0.1, 0.15) is 6.10 Å². The quantitative estimate of drug-likeness (QED) is 0.551. The third-order valence-corrected chi connectivity index (χ3v) is 4.73. The molecule has 0 heterocycles. The first kappa shape index (κ1) is 13.6. The van der Waals surface area contributed by atoms with E-state index in [9.17, 15) is 4.79 Å². The minimum Gasteiger partial charge on any atom is -0.458 e. The molecule has 2 fully saturated rings. The maximum atomic E-state index is 12.0. The van der Waals surface area contributed by atoms with Gasteiger partial charge in [0.2, 0.25) is 0 Å². The van der Waals surface area contributed by atoms with Gasteiger partial charge in [-0.3, -0.25) is 0 Å². The fourth-order valence-corrected chi connectivity index (χ4v) is 3.48. The van der Waals surface area contributed by atoms with E-state index in [1.54, 1.807) is 0 Å². The highest BCUT2D eigenvalue weighted by Crippen LogP contribution is 2.39. The molecule has 0 aromatic rings. The monoisotopic (exact) mass is 250 g/mol. The molecule has 0 aromatic carbocycles. The zero-order chi connectivity index (χ0) is 13.0. The Morgan fingerprint density at radius 3 is 1.89 bits per heavy atom. The molecule has 0 unspecified atom stereocenters. The van der Waals surface area contributed by atoms with E-state index < -0.39 is 0 Å². The number of carbonyl (C=O) groups is 1. The minimum absolute atomic E-state index is 0.0960. The Morgan fingerprint density at radius 2 is 1.50 bits per heavy atom. The number of ether oxygens (including phenoxy) is 1. The number of hydrogen-bond donors (Lipinski definition) is 0. The van der Waals surface area contributed by atoms with Crippen LogP contribution in [-0.2, 0) is 9.53 Å². The second kappa shape index (κ2) is 6.40. The molecule has 2 aliphatic rings. The highest BCUT2D eigenvalue weighted by molar-refractivity contribution is 5.87. The summed E-state index contributed by atoms with van der Waals surface area (Å²) in [5, 5.41) is 0. The van der Waals surface area contributed by atoms with E-state index in [0.717, 1.165) is 5.57 Å². The molecule has 2 rings (SSSR count). The maximum absolute atomic E-state index is 12.0. The van der Waals surface area contributed by atoms with Gasteiger partial charge in [0, 0.05) is 5.57 Å². The molecule has 2 aliphatic carbocycles. The predicted molar refractivity (Wildman–Crippen MR) is 73.2 cm³/mol. The predicted octanol–water partition coefficient (Wildman–Crippen LogP) is 4.24. The second-order valence-corrected chi connectivity index (χ2v) is 5.93. The Morgan fingerprint density at radius 1 is 1.06 bits per heavy atom. The number of rotatable bonds is 4. The van der Waals surface area contributed by atoms with E-state index >= 15 is 0 Å². The van der Waals surface area contributed by atoms with Crippen molar-refractivity contribution in [3.05, 3.63) is 11.6 Å². The average Bonchev–Trinajstić information content (AvgIpc) is 3.06. The van der Waals surface area contributed by atoms with Crippen LogP contribution >= 0.6 is 0 Å². The number of allylic oxidation sites excluding steroid dienone is 1. The minimum atomic E-state index is -0.0960. The summed E-state index contributed by atoms with van der Waals surface area (Å²) in [5.74, 6) is 1.16. The number of carbonyl (C=O) groups excluding carboxylic acids is 1. The van der Waals surface area contributed by atoms with Crippen molar-refractivity contribution in [2.75, 3.05) is 0 Å². The fourth-order valence-electron chi connectivity index (χ4n) is 3.48. The van der Waals surface area contributed by atoms with Gasteiger partial charge < -0.3 is 4.74 Å². The Labute approximate surface area is 111 Å². The molecule has 102 valence electrons. The van der Waals surface area contributed by atoms with Gasteiger partial charge in [-0.05, 0) is 51.4 Å². The van der Waals surface area contributed by atoms with Crippen LogP contribution in [-0.4, -0.2) is 12.1 Å². The van der Waals surface area contributed by atoms with Crippen LogP contribution in [0.15, 0.2) is 11.6 Å². The molecule has 0 atom stereocenters. The molecule has 0 spiro atoms. The SMILES string of the molecule is CC=C(C)C(=O)OC(C1CCCC1)C1CCCC1. The largest absolute Gasteiger partial charge is 0.458 e. The Balaban J connectivity index is 2.01. The van der Waals surface area contributed by atoms with Crippen molar-refractivity contribution in [1.29, 1.82) is 0 Å². The van der Waals surface area contributed by atoms with Crippen molar-refractivity contribution in [1.82, 2.24) is 0 Å². The van der Waals surface area contributed by atoms with E-state index in [1.807, 2.05) is 19.9 Å². The summed E-state index contributed by atoms with van der Waals surface area (Å²) >= 11 is 0. The molecule has 2 heteroatoms. The molecule has 0 aromatic heterocycles. The summed E-state index contributed by atoms with van der Waals surface area (Å²) in [5.41, 5.74) is 0.746. The zero-order valence-electron chi connectivity index (χ0n) is 11.8. The average molecular weight is 250 g/mol. The van der Waals surface area contributed by atoms with E-state index in [0.29, 0.717) is 11.8 Å². The molecule has 2 nitrogen and oxygen atoms in total. The van der Waals surface area contributed by atoms with E-state index in [2.05, 4.69) is 0 Å². The fraction of sp³-hybridized carbons (Fsp3) is 0.812. The van der Waals surface area contributed by atoms with Gasteiger partial charge in [-0.1, -0.05) is 31.8 Å². The lowest BCUT2D eigenvalue weighted by Crippen LogP contribution is -2.32. The lowest BCUT2D eigenvalue weighted by Gasteiger charge is -2.29. The third kappa shape index (κ3) is 3.15. The van der Waals surface area contributed by atoms with Crippen LogP contribution in [0.25, 0.3) is 0 Å². The van der Waals surface area contributed by atoms with Crippen molar-refractivity contribution in [3.8, 4) is 0 Å². The third-order valence-electron chi connectivity index (χ3n) is 4.73. The van der Waals surface area contributed by atoms with Crippen LogP contribution in [0.4, 0.5) is 0 Å². The summed E-state index contributed by atoms with van der Waals surface area (Å²) < 4.78 is 5.86. The first-order chi connectivity index (χ1) is 8.72. The molecular weight excluding hydrogens is 224 g/mol. The van der Waals surface area contributed by atoms with Crippen LogP contribution in [0.2, 0.25) is 0 Å². The van der Waals surface area contributed by atoms with Gasteiger partial charge in [-0.15, -0.1) is 0 Å². The molecule has 0 N–H and O–H groups in total.